The fourth-order valence-electron chi connectivity index (χ4n) is 1.70. The molecule has 0 fully saturated rings. The Kier molecular flexibility index (Phi) is 4.87. The van der Waals surface area contributed by atoms with Gasteiger partial charge in [-0.15, -0.1) is 11.8 Å². The van der Waals surface area contributed by atoms with Crippen molar-refractivity contribution in [3.8, 4) is 5.75 Å². The molecule has 1 aromatic carbocycles. The molecule has 0 saturated carbocycles. The van der Waals surface area contributed by atoms with Gasteiger partial charge in [0, 0.05) is 10.6 Å². The minimum Gasteiger partial charge on any atom is -0.496 e. The first-order valence-electron chi connectivity index (χ1n) is 5.46. The number of aliphatic carboxylic acids is 1. The van der Waals surface area contributed by atoms with E-state index in [1.54, 1.807) is 18.9 Å². The lowest BCUT2D eigenvalue weighted by Crippen LogP contribution is -1.99. The van der Waals surface area contributed by atoms with Gasteiger partial charge in [0.1, 0.15) is 5.75 Å². The topological polar surface area (TPSA) is 46.5 Å². The van der Waals surface area contributed by atoms with Crippen LogP contribution < -0.4 is 4.74 Å². The summed E-state index contributed by atoms with van der Waals surface area (Å²) in [5.74, 6) is 0.739. The Morgan fingerprint density at radius 2 is 2.00 bits per heavy atom. The lowest BCUT2D eigenvalue weighted by molar-refractivity contribution is -0.136. The fourth-order valence-corrected chi connectivity index (χ4v) is 2.83. The number of thioether (sulfide) groups is 1. The Hall–Kier alpha value is -1.16. The average Bonchev–Trinajstić information content (AvgIpc) is 2.27. The van der Waals surface area contributed by atoms with Gasteiger partial charge in [0.25, 0.3) is 0 Å². The van der Waals surface area contributed by atoms with Gasteiger partial charge in [-0.2, -0.15) is 0 Å². The van der Waals surface area contributed by atoms with E-state index in [1.165, 1.54) is 10.5 Å². The lowest BCUT2D eigenvalue weighted by atomic mass is 10.1. The third-order valence-corrected chi connectivity index (χ3v) is 4.09. The largest absolute Gasteiger partial charge is 0.496 e. The van der Waals surface area contributed by atoms with Gasteiger partial charge in [0.05, 0.1) is 13.5 Å². The van der Waals surface area contributed by atoms with Crippen molar-refractivity contribution in [3.05, 3.63) is 22.8 Å². The number of aryl methyl sites for hydroxylation is 1. The molecule has 1 aromatic rings. The van der Waals surface area contributed by atoms with E-state index in [2.05, 4.69) is 0 Å². The number of carboxylic acid groups (broad SMARTS) is 1. The van der Waals surface area contributed by atoms with Gasteiger partial charge in [0.2, 0.25) is 0 Å². The molecule has 4 heteroatoms. The molecule has 0 atom stereocenters. The van der Waals surface area contributed by atoms with Crippen molar-refractivity contribution in [2.45, 2.75) is 32.1 Å². The van der Waals surface area contributed by atoms with Crippen LogP contribution in [0, 0.1) is 20.8 Å². The van der Waals surface area contributed by atoms with Crippen molar-refractivity contribution in [1.82, 2.24) is 0 Å². The first kappa shape index (κ1) is 13.9. The van der Waals surface area contributed by atoms with Gasteiger partial charge < -0.3 is 9.84 Å². The summed E-state index contributed by atoms with van der Waals surface area (Å²) in [5.41, 5.74) is 3.44. The smallest absolute Gasteiger partial charge is 0.304 e. The predicted molar refractivity (Wildman–Crippen MR) is 70.2 cm³/mol. The lowest BCUT2D eigenvalue weighted by Gasteiger charge is -2.15. The van der Waals surface area contributed by atoms with E-state index in [0.717, 1.165) is 16.9 Å². The molecule has 94 valence electrons. The number of hydrogen-bond donors (Lipinski definition) is 1. The Bertz CT molecular complexity index is 427. The maximum Gasteiger partial charge on any atom is 0.304 e. The molecular formula is C13H18O3S. The third kappa shape index (κ3) is 3.40. The molecule has 17 heavy (non-hydrogen) atoms. The first-order chi connectivity index (χ1) is 7.97. The van der Waals surface area contributed by atoms with Gasteiger partial charge in [-0.3, -0.25) is 4.79 Å². The van der Waals surface area contributed by atoms with Gasteiger partial charge in [-0.05, 0) is 43.5 Å². The first-order valence-corrected chi connectivity index (χ1v) is 6.45. The molecule has 0 saturated heterocycles. The van der Waals surface area contributed by atoms with Gasteiger partial charge in [-0.25, -0.2) is 0 Å². The van der Waals surface area contributed by atoms with Crippen molar-refractivity contribution in [1.29, 1.82) is 0 Å². The molecule has 0 aliphatic rings. The highest BCUT2D eigenvalue weighted by Gasteiger charge is 2.11. The summed E-state index contributed by atoms with van der Waals surface area (Å²) in [6.45, 7) is 6.10. The molecule has 0 aliphatic carbocycles. The van der Waals surface area contributed by atoms with Crippen LogP contribution in [0.2, 0.25) is 0 Å². The van der Waals surface area contributed by atoms with Crippen molar-refractivity contribution in [3.63, 3.8) is 0 Å². The molecular weight excluding hydrogens is 236 g/mol. The minimum atomic E-state index is -0.752. The maximum atomic E-state index is 10.5. The third-order valence-electron chi connectivity index (χ3n) is 2.76. The zero-order valence-corrected chi connectivity index (χ0v) is 11.5. The molecule has 1 N–H and O–H groups in total. The molecule has 0 spiro atoms. The van der Waals surface area contributed by atoms with Crippen LogP contribution in [-0.4, -0.2) is 23.9 Å². The number of methoxy groups -OCH3 is 1. The van der Waals surface area contributed by atoms with Crippen molar-refractivity contribution in [2.24, 2.45) is 0 Å². The highest BCUT2D eigenvalue weighted by atomic mass is 32.2. The summed E-state index contributed by atoms with van der Waals surface area (Å²) in [5, 5.41) is 8.63. The second-order valence-corrected chi connectivity index (χ2v) is 5.07. The number of ether oxygens (including phenoxy) is 1. The number of hydrogen-bond acceptors (Lipinski definition) is 3. The number of carboxylic acids is 1. The maximum absolute atomic E-state index is 10.5. The van der Waals surface area contributed by atoms with E-state index in [1.807, 2.05) is 26.8 Å². The van der Waals surface area contributed by atoms with Crippen LogP contribution in [0.3, 0.4) is 0 Å². The van der Waals surface area contributed by atoms with Gasteiger partial charge in [0.15, 0.2) is 0 Å². The average molecular weight is 254 g/mol. The van der Waals surface area contributed by atoms with Crippen LogP contribution in [0.5, 0.6) is 5.75 Å². The molecule has 0 unspecified atom stereocenters. The summed E-state index contributed by atoms with van der Waals surface area (Å²) in [4.78, 5) is 11.7. The summed E-state index contributed by atoms with van der Waals surface area (Å²) in [6.07, 6.45) is 0.189. The molecule has 0 amide bonds. The highest BCUT2D eigenvalue weighted by Crippen LogP contribution is 2.34. The van der Waals surface area contributed by atoms with Gasteiger partial charge >= 0.3 is 5.97 Å². The predicted octanol–water partition coefficient (Wildman–Crippen LogP) is 3.19. The summed E-state index contributed by atoms with van der Waals surface area (Å²) < 4.78 is 5.30. The van der Waals surface area contributed by atoms with Crippen LogP contribution in [0.4, 0.5) is 0 Å². The molecule has 0 bridgehead atoms. The van der Waals surface area contributed by atoms with Crippen molar-refractivity contribution in [2.75, 3.05) is 12.9 Å². The van der Waals surface area contributed by atoms with Crippen molar-refractivity contribution >= 4 is 17.7 Å². The van der Waals surface area contributed by atoms with E-state index in [0.29, 0.717) is 5.75 Å². The van der Waals surface area contributed by atoms with E-state index in [-0.39, 0.29) is 6.42 Å². The van der Waals surface area contributed by atoms with Crippen LogP contribution in [0.1, 0.15) is 23.1 Å². The van der Waals surface area contributed by atoms with Crippen LogP contribution in [-0.2, 0) is 4.79 Å². The number of carbonyl (C=O) groups is 1. The Balaban J connectivity index is 2.92. The molecule has 0 aliphatic heterocycles. The Labute approximate surface area is 106 Å². The quantitative estimate of drug-likeness (QED) is 0.820. The number of rotatable bonds is 5. The summed E-state index contributed by atoms with van der Waals surface area (Å²) in [6, 6.07) is 2.01. The van der Waals surface area contributed by atoms with Crippen LogP contribution >= 0.6 is 11.8 Å². The van der Waals surface area contributed by atoms with E-state index >= 15 is 0 Å². The zero-order valence-electron chi connectivity index (χ0n) is 10.7. The zero-order chi connectivity index (χ0) is 13.0. The fraction of sp³-hybridized carbons (Fsp3) is 0.462. The van der Waals surface area contributed by atoms with E-state index in [9.17, 15) is 4.79 Å². The molecule has 0 heterocycles. The Morgan fingerprint density at radius 3 is 2.53 bits per heavy atom. The summed E-state index contributed by atoms with van der Waals surface area (Å²) >= 11 is 1.60. The second-order valence-electron chi connectivity index (χ2n) is 3.97. The Morgan fingerprint density at radius 1 is 1.35 bits per heavy atom. The number of benzene rings is 1. The minimum absolute atomic E-state index is 0.189. The molecule has 1 rings (SSSR count). The SMILES string of the molecule is COc1cc(C)c(SCCC(=O)O)c(C)c1C. The monoisotopic (exact) mass is 254 g/mol. The normalized spacial score (nSPS) is 10.4. The van der Waals surface area contributed by atoms with Crippen LogP contribution in [0.25, 0.3) is 0 Å². The van der Waals surface area contributed by atoms with Crippen molar-refractivity contribution < 1.29 is 14.6 Å². The molecule has 3 nitrogen and oxygen atoms in total. The van der Waals surface area contributed by atoms with E-state index in [4.69, 9.17) is 9.84 Å². The standard InChI is InChI=1S/C13H18O3S/c1-8-7-11(16-4)9(2)10(3)13(8)17-6-5-12(14)15/h7H,5-6H2,1-4H3,(H,14,15). The molecule has 0 aromatic heterocycles. The van der Waals surface area contributed by atoms with E-state index < -0.39 is 5.97 Å². The highest BCUT2D eigenvalue weighted by molar-refractivity contribution is 7.99. The second kappa shape index (κ2) is 5.96. The summed E-state index contributed by atoms with van der Waals surface area (Å²) in [7, 11) is 1.67. The van der Waals surface area contributed by atoms with Gasteiger partial charge in [-0.1, -0.05) is 0 Å². The van der Waals surface area contributed by atoms with Crippen LogP contribution in [0.15, 0.2) is 11.0 Å². The molecule has 0 radical (unpaired) electrons.